The molecule has 45 heavy (non-hydrogen) atoms. The Morgan fingerprint density at radius 1 is 1.02 bits per heavy atom. The SMILES string of the molecule is CCCC1=C(C(=O)OCC)[C@H](c2cc(OC)ccc2OC)n2c(s/c(=C/c3ccccc3OCc3ccc(Cl)cc3Cl)c2=O)=N1. The molecule has 0 N–H and O–H groups in total. The molecule has 1 aliphatic heterocycles. The van der Waals surface area contributed by atoms with Crippen LogP contribution < -0.4 is 29.1 Å². The minimum absolute atomic E-state index is 0.173. The Hall–Kier alpha value is -4.05. The number of carbonyl (C=O) groups is 1. The third-order valence-electron chi connectivity index (χ3n) is 7.23. The van der Waals surface area contributed by atoms with Gasteiger partial charge in [0.25, 0.3) is 5.56 Å². The van der Waals surface area contributed by atoms with Crippen molar-refractivity contribution in [2.24, 2.45) is 4.99 Å². The third-order valence-corrected chi connectivity index (χ3v) is 8.80. The van der Waals surface area contributed by atoms with Crippen LogP contribution in [-0.4, -0.2) is 31.4 Å². The van der Waals surface area contributed by atoms with Crippen LogP contribution >= 0.6 is 34.5 Å². The van der Waals surface area contributed by atoms with Gasteiger partial charge in [-0.3, -0.25) is 9.36 Å². The molecule has 0 saturated heterocycles. The normalized spacial score (nSPS) is 14.5. The number of nitrogens with zero attached hydrogens (tertiary/aromatic N) is 2. The minimum atomic E-state index is -0.854. The number of rotatable bonds is 11. The van der Waals surface area contributed by atoms with Crippen molar-refractivity contribution in [1.82, 2.24) is 4.57 Å². The molecule has 3 aromatic carbocycles. The van der Waals surface area contributed by atoms with E-state index in [0.29, 0.717) is 65.4 Å². The Morgan fingerprint density at radius 2 is 1.82 bits per heavy atom. The van der Waals surface area contributed by atoms with Crippen molar-refractivity contribution in [3.63, 3.8) is 0 Å². The maximum Gasteiger partial charge on any atom is 0.338 e. The highest BCUT2D eigenvalue weighted by Gasteiger charge is 2.36. The zero-order valence-electron chi connectivity index (χ0n) is 25.3. The largest absolute Gasteiger partial charge is 0.497 e. The van der Waals surface area contributed by atoms with Crippen molar-refractivity contribution in [1.29, 1.82) is 0 Å². The van der Waals surface area contributed by atoms with Crippen LogP contribution in [0.15, 0.2) is 81.7 Å². The average Bonchev–Trinajstić information content (AvgIpc) is 3.34. The Labute approximate surface area is 274 Å². The van der Waals surface area contributed by atoms with Crippen LogP contribution in [-0.2, 0) is 16.1 Å². The Bertz CT molecular complexity index is 1950. The van der Waals surface area contributed by atoms with Crippen molar-refractivity contribution in [2.75, 3.05) is 20.8 Å². The first-order chi connectivity index (χ1) is 21.8. The predicted molar refractivity (Wildman–Crippen MR) is 176 cm³/mol. The number of halogens is 2. The molecule has 11 heteroatoms. The molecule has 0 amide bonds. The first kappa shape index (κ1) is 32.3. The number of hydrogen-bond donors (Lipinski definition) is 0. The van der Waals surface area contributed by atoms with Gasteiger partial charge >= 0.3 is 5.97 Å². The smallest absolute Gasteiger partial charge is 0.338 e. The number of hydrogen-bond acceptors (Lipinski definition) is 8. The lowest BCUT2D eigenvalue weighted by Gasteiger charge is -2.27. The van der Waals surface area contributed by atoms with E-state index in [9.17, 15) is 9.59 Å². The van der Waals surface area contributed by atoms with Crippen molar-refractivity contribution in [3.8, 4) is 17.2 Å². The van der Waals surface area contributed by atoms with Gasteiger partial charge in [0.1, 0.15) is 29.9 Å². The molecule has 8 nitrogen and oxygen atoms in total. The van der Waals surface area contributed by atoms with Gasteiger partial charge < -0.3 is 18.9 Å². The van der Waals surface area contributed by atoms with Crippen LogP contribution in [0, 0.1) is 0 Å². The molecule has 2 heterocycles. The van der Waals surface area contributed by atoms with E-state index in [0.717, 1.165) is 12.0 Å². The van der Waals surface area contributed by atoms with Crippen molar-refractivity contribution in [3.05, 3.63) is 118 Å². The fourth-order valence-corrected chi connectivity index (χ4v) is 6.61. The summed E-state index contributed by atoms with van der Waals surface area (Å²) in [6.07, 6.45) is 3.03. The van der Waals surface area contributed by atoms with E-state index in [4.69, 9.17) is 47.1 Å². The number of thiazole rings is 1. The maximum absolute atomic E-state index is 14.3. The number of methoxy groups -OCH3 is 2. The van der Waals surface area contributed by atoms with E-state index >= 15 is 0 Å². The summed E-state index contributed by atoms with van der Waals surface area (Å²) in [5.41, 5.74) is 2.61. The lowest BCUT2D eigenvalue weighted by Crippen LogP contribution is -2.40. The van der Waals surface area contributed by atoms with E-state index in [-0.39, 0.29) is 18.8 Å². The number of para-hydroxylation sites is 1. The fourth-order valence-electron chi connectivity index (χ4n) is 5.13. The molecular weight excluding hydrogens is 635 g/mol. The number of benzene rings is 3. The van der Waals surface area contributed by atoms with Gasteiger partial charge in [-0.2, -0.15) is 0 Å². The van der Waals surface area contributed by atoms with E-state index in [2.05, 4.69) is 0 Å². The second kappa shape index (κ2) is 14.4. The lowest BCUT2D eigenvalue weighted by molar-refractivity contribution is -0.139. The molecule has 5 rings (SSSR count). The van der Waals surface area contributed by atoms with Gasteiger partial charge in [-0.1, -0.05) is 72.1 Å². The van der Waals surface area contributed by atoms with Crippen LogP contribution in [0.5, 0.6) is 17.2 Å². The Balaban J connectivity index is 1.68. The topological polar surface area (TPSA) is 88.4 Å². The van der Waals surface area contributed by atoms with Gasteiger partial charge in [0.2, 0.25) is 0 Å². The van der Waals surface area contributed by atoms with Crippen LogP contribution in [0.1, 0.15) is 49.4 Å². The van der Waals surface area contributed by atoms with Crippen molar-refractivity contribution >= 4 is 46.6 Å². The van der Waals surface area contributed by atoms with E-state index in [1.807, 2.05) is 37.3 Å². The molecule has 4 aromatic rings. The first-order valence-electron chi connectivity index (χ1n) is 14.4. The standard InChI is InChI=1S/C34H32Cl2N2O6S/c1-5-9-26-30(33(40)43-6-2)31(24-18-23(41-3)14-15-28(24)42-4)38-32(39)29(45-34(38)37-26)16-20-10-7-8-11-27(20)44-19-21-12-13-22(35)17-25(21)36/h7-8,10-18,31H,5-6,9,19H2,1-4H3/b29-16+/t31-/m0/s1. The predicted octanol–water partition coefficient (Wildman–Crippen LogP) is 6.48. The number of carbonyl (C=O) groups excluding carboxylic acids is 1. The second-order valence-corrected chi connectivity index (χ2v) is 11.9. The maximum atomic E-state index is 14.3. The molecule has 234 valence electrons. The van der Waals surface area contributed by atoms with Gasteiger partial charge in [-0.15, -0.1) is 0 Å². The summed E-state index contributed by atoms with van der Waals surface area (Å²) in [5, 5.41) is 1.04. The summed E-state index contributed by atoms with van der Waals surface area (Å²) < 4.78 is 24.8. The molecular formula is C34H32Cl2N2O6S. The highest BCUT2D eigenvalue weighted by Crippen LogP contribution is 2.39. The second-order valence-electron chi connectivity index (χ2n) is 10.1. The fraction of sp³-hybridized carbons (Fsp3) is 0.265. The highest BCUT2D eigenvalue weighted by atomic mass is 35.5. The summed E-state index contributed by atoms with van der Waals surface area (Å²) in [6, 6.07) is 17.1. The van der Waals surface area contributed by atoms with Crippen LogP contribution in [0.4, 0.5) is 0 Å². The number of esters is 1. The average molecular weight is 668 g/mol. The van der Waals surface area contributed by atoms with Crippen molar-refractivity contribution in [2.45, 2.75) is 39.3 Å². The van der Waals surface area contributed by atoms with E-state index < -0.39 is 12.0 Å². The Kier molecular flexibility index (Phi) is 10.3. The molecule has 0 radical (unpaired) electrons. The number of fused-ring (bicyclic) bond motifs is 1. The third kappa shape index (κ3) is 6.81. The molecule has 0 bridgehead atoms. The molecule has 0 spiro atoms. The van der Waals surface area contributed by atoms with Gasteiger partial charge in [-0.05, 0) is 55.8 Å². The Morgan fingerprint density at radius 3 is 2.53 bits per heavy atom. The quantitative estimate of drug-likeness (QED) is 0.170. The monoisotopic (exact) mass is 666 g/mol. The summed E-state index contributed by atoms with van der Waals surface area (Å²) >= 11 is 13.6. The summed E-state index contributed by atoms with van der Waals surface area (Å²) in [6.45, 7) is 4.14. The van der Waals surface area contributed by atoms with E-state index in [1.165, 1.54) is 15.9 Å². The van der Waals surface area contributed by atoms with Crippen LogP contribution in [0.2, 0.25) is 10.0 Å². The van der Waals surface area contributed by atoms with Gasteiger partial charge in [-0.25, -0.2) is 9.79 Å². The minimum Gasteiger partial charge on any atom is -0.497 e. The number of allylic oxidation sites excluding steroid dienone is 1. The van der Waals surface area contributed by atoms with Gasteiger partial charge in [0.05, 0.1) is 36.6 Å². The van der Waals surface area contributed by atoms with Gasteiger partial charge in [0, 0.05) is 26.7 Å². The molecule has 0 aliphatic carbocycles. The van der Waals surface area contributed by atoms with Crippen molar-refractivity contribution < 1.29 is 23.7 Å². The van der Waals surface area contributed by atoms with Crippen LogP contribution in [0.3, 0.4) is 0 Å². The molecule has 1 aromatic heterocycles. The molecule has 0 fully saturated rings. The zero-order chi connectivity index (χ0) is 32.1. The van der Waals surface area contributed by atoms with E-state index in [1.54, 1.807) is 57.6 Å². The molecule has 1 atom stereocenters. The van der Waals surface area contributed by atoms with Crippen LogP contribution in [0.25, 0.3) is 6.08 Å². The lowest BCUT2D eigenvalue weighted by atomic mass is 9.93. The number of aromatic nitrogens is 1. The van der Waals surface area contributed by atoms with Gasteiger partial charge in [0.15, 0.2) is 4.80 Å². The molecule has 1 aliphatic rings. The zero-order valence-corrected chi connectivity index (χ0v) is 27.6. The molecule has 0 unspecified atom stereocenters. The first-order valence-corrected chi connectivity index (χ1v) is 16.0. The summed E-state index contributed by atoms with van der Waals surface area (Å²) in [5.74, 6) is 1.08. The molecule has 0 saturated carbocycles. The number of ether oxygens (including phenoxy) is 4. The summed E-state index contributed by atoms with van der Waals surface area (Å²) in [4.78, 5) is 33.1. The highest BCUT2D eigenvalue weighted by molar-refractivity contribution is 7.07. The summed E-state index contributed by atoms with van der Waals surface area (Å²) in [7, 11) is 3.10.